The van der Waals surface area contributed by atoms with Crippen LogP contribution in [-0.2, 0) is 44.8 Å². The van der Waals surface area contributed by atoms with E-state index < -0.39 is 57.8 Å². The number of hydrogen-bond acceptors (Lipinski definition) is 8. The van der Waals surface area contributed by atoms with Gasteiger partial charge < -0.3 is 18.8 Å². The molecule has 14 heteroatoms. The Labute approximate surface area is 287 Å². The van der Waals surface area contributed by atoms with Crippen LogP contribution in [0.25, 0.3) is 0 Å². The monoisotopic (exact) mass is 728 g/mol. The van der Waals surface area contributed by atoms with Crippen molar-refractivity contribution < 1.29 is 54.3 Å². The van der Waals surface area contributed by atoms with E-state index in [-0.39, 0.29) is 36.4 Å². The highest BCUT2D eigenvalue weighted by molar-refractivity contribution is 7.97. The smallest absolute Gasteiger partial charge is 0.396 e. The quantitative estimate of drug-likeness (QED) is 0.0820. The fraction of sp³-hybridized carbons (Fsp3) is 0.429. The fourth-order valence-corrected chi connectivity index (χ4v) is 7.40. The van der Waals surface area contributed by atoms with Gasteiger partial charge in [0.1, 0.15) is 12.2 Å². The molecular formula is C35H40F4O8S2. The van der Waals surface area contributed by atoms with Crippen LogP contribution in [0.5, 0.6) is 0 Å². The second-order valence-electron chi connectivity index (χ2n) is 12.2. The molecule has 0 N–H and O–H groups in total. The summed E-state index contributed by atoms with van der Waals surface area (Å²) in [5, 5.41) is -5.81. The van der Waals surface area contributed by atoms with Crippen LogP contribution in [-0.4, -0.2) is 61.0 Å². The Kier molecular flexibility index (Phi) is 14.2. The molecular weight excluding hydrogens is 689 g/mol. The molecule has 0 spiro atoms. The van der Waals surface area contributed by atoms with Crippen molar-refractivity contribution in [2.45, 2.75) is 90.4 Å². The second-order valence-corrected chi connectivity index (χ2v) is 15.7. The van der Waals surface area contributed by atoms with Crippen molar-refractivity contribution >= 4 is 33.0 Å². The molecule has 0 unspecified atom stereocenters. The fourth-order valence-electron chi connectivity index (χ4n) is 4.83. The normalized spacial score (nSPS) is 17.1. The molecule has 1 fully saturated rings. The molecule has 0 radical (unpaired) electrons. The molecule has 1 saturated carbocycles. The van der Waals surface area contributed by atoms with Crippen LogP contribution in [0.2, 0.25) is 0 Å². The number of carbonyl (C=O) groups is 2. The standard InChI is InChI=1S/C18H15S.C17H26F4O8S/c1-4-10-16(11-5-1)19(17-12-6-2-7-13-17)18-14-8-3-9-15-18;1-15(2,3)29-13(22)10-28-12-6-4-11(5-7-12)14(23)27-9-8-16(18,19)17(20,21)30(24,25)26/h1-15H;11-12H,4-10H2,1-3H3,(H,24,25,26)/q+1;/p-1. The molecule has 3 aromatic carbocycles. The van der Waals surface area contributed by atoms with E-state index in [1.165, 1.54) is 14.7 Å². The zero-order valence-corrected chi connectivity index (χ0v) is 29.0. The average Bonchev–Trinajstić information content (AvgIpc) is 3.04. The Morgan fingerprint density at radius 3 is 1.59 bits per heavy atom. The van der Waals surface area contributed by atoms with E-state index in [2.05, 4.69) is 95.7 Å². The van der Waals surface area contributed by atoms with Crippen molar-refractivity contribution in [1.29, 1.82) is 0 Å². The third kappa shape index (κ3) is 12.1. The maximum atomic E-state index is 13.3. The highest BCUT2D eigenvalue weighted by atomic mass is 32.2. The number of ether oxygens (including phenoxy) is 3. The molecule has 0 heterocycles. The van der Waals surface area contributed by atoms with E-state index in [0.717, 1.165) is 0 Å². The lowest BCUT2D eigenvalue weighted by atomic mass is 9.87. The molecule has 0 amide bonds. The molecule has 0 saturated heterocycles. The summed E-state index contributed by atoms with van der Waals surface area (Å²) in [6, 6.07) is 32.2. The number of carbonyl (C=O) groups excluding carboxylic acids is 2. The molecule has 49 heavy (non-hydrogen) atoms. The molecule has 1 aliphatic rings. The number of rotatable bonds is 12. The number of alkyl halides is 4. The van der Waals surface area contributed by atoms with Crippen LogP contribution < -0.4 is 0 Å². The topological polar surface area (TPSA) is 119 Å². The van der Waals surface area contributed by atoms with Crippen LogP contribution in [0.3, 0.4) is 0 Å². The summed E-state index contributed by atoms with van der Waals surface area (Å²) in [7, 11) is -6.59. The third-order valence-corrected chi connectivity index (χ3v) is 10.4. The zero-order chi connectivity index (χ0) is 36.3. The zero-order valence-electron chi connectivity index (χ0n) is 27.4. The van der Waals surface area contributed by atoms with Gasteiger partial charge in [0, 0.05) is 0 Å². The summed E-state index contributed by atoms with van der Waals surface area (Å²) in [6.45, 7) is 3.68. The van der Waals surface area contributed by atoms with Gasteiger partial charge in [0.15, 0.2) is 24.8 Å². The Bertz CT molecular complexity index is 1480. The van der Waals surface area contributed by atoms with E-state index >= 15 is 0 Å². The largest absolute Gasteiger partial charge is 0.743 e. The Balaban J connectivity index is 0.000000291. The Hall–Kier alpha value is -3.46. The van der Waals surface area contributed by atoms with Gasteiger partial charge in [-0.05, 0) is 82.9 Å². The van der Waals surface area contributed by atoms with Gasteiger partial charge >= 0.3 is 23.1 Å². The van der Waals surface area contributed by atoms with Crippen molar-refractivity contribution in [3.05, 3.63) is 91.0 Å². The van der Waals surface area contributed by atoms with Gasteiger partial charge in [0.25, 0.3) is 0 Å². The summed E-state index contributed by atoms with van der Waals surface area (Å²) < 4.78 is 98.6. The lowest BCUT2D eigenvalue weighted by molar-refractivity contribution is -0.177. The van der Waals surface area contributed by atoms with Crippen molar-refractivity contribution in [1.82, 2.24) is 0 Å². The van der Waals surface area contributed by atoms with Crippen LogP contribution in [0.15, 0.2) is 106 Å². The van der Waals surface area contributed by atoms with Crippen LogP contribution in [0, 0.1) is 5.92 Å². The maximum absolute atomic E-state index is 13.3. The first-order chi connectivity index (χ1) is 22.9. The van der Waals surface area contributed by atoms with Crippen LogP contribution in [0.1, 0.15) is 52.9 Å². The molecule has 8 nitrogen and oxygen atoms in total. The van der Waals surface area contributed by atoms with Crippen LogP contribution >= 0.6 is 0 Å². The number of benzene rings is 3. The predicted octanol–water partition coefficient (Wildman–Crippen LogP) is 7.39. The minimum atomic E-state index is -6.58. The first-order valence-electron chi connectivity index (χ1n) is 15.5. The number of esters is 2. The molecule has 0 bridgehead atoms. The number of halogens is 4. The summed E-state index contributed by atoms with van der Waals surface area (Å²) in [5.41, 5.74) is -0.652. The molecule has 0 aliphatic heterocycles. The lowest BCUT2D eigenvalue weighted by Crippen LogP contribution is -2.47. The molecule has 268 valence electrons. The van der Waals surface area contributed by atoms with Gasteiger partial charge in [0.2, 0.25) is 0 Å². The van der Waals surface area contributed by atoms with E-state index in [4.69, 9.17) is 9.47 Å². The average molecular weight is 729 g/mol. The van der Waals surface area contributed by atoms with Crippen molar-refractivity contribution in [2.24, 2.45) is 5.92 Å². The van der Waals surface area contributed by atoms with Gasteiger partial charge in [-0.2, -0.15) is 17.6 Å². The minimum Gasteiger partial charge on any atom is -0.743 e. The summed E-state index contributed by atoms with van der Waals surface area (Å²) in [4.78, 5) is 27.6. The van der Waals surface area contributed by atoms with Crippen LogP contribution in [0.4, 0.5) is 17.6 Å². The van der Waals surface area contributed by atoms with Gasteiger partial charge in [-0.3, -0.25) is 4.79 Å². The van der Waals surface area contributed by atoms with E-state index in [1.807, 2.05) is 0 Å². The van der Waals surface area contributed by atoms with Gasteiger partial charge in [-0.15, -0.1) is 0 Å². The summed E-state index contributed by atoms with van der Waals surface area (Å²) in [5.74, 6) is -7.30. The van der Waals surface area contributed by atoms with E-state index in [1.54, 1.807) is 20.8 Å². The molecule has 0 atom stereocenters. The first-order valence-corrected chi connectivity index (χ1v) is 18.1. The van der Waals surface area contributed by atoms with Crippen molar-refractivity contribution in [2.75, 3.05) is 13.2 Å². The maximum Gasteiger partial charge on any atom is 0.396 e. The van der Waals surface area contributed by atoms with E-state index in [0.29, 0.717) is 12.8 Å². The highest BCUT2D eigenvalue weighted by Crippen LogP contribution is 2.40. The Morgan fingerprint density at radius 1 is 0.776 bits per heavy atom. The van der Waals surface area contributed by atoms with E-state index in [9.17, 15) is 40.1 Å². The minimum absolute atomic E-state index is 0.0146. The Morgan fingerprint density at radius 2 is 1.20 bits per heavy atom. The molecule has 3 aromatic rings. The lowest BCUT2D eigenvalue weighted by Gasteiger charge is -2.29. The van der Waals surface area contributed by atoms with Gasteiger partial charge in [0.05, 0.1) is 35.9 Å². The molecule has 4 rings (SSSR count). The van der Waals surface area contributed by atoms with Gasteiger partial charge in [-0.1, -0.05) is 54.6 Å². The summed E-state index contributed by atoms with van der Waals surface area (Å²) in [6.07, 6.45) is -0.844. The third-order valence-electron chi connectivity index (χ3n) is 7.20. The number of hydrogen-bond donors (Lipinski definition) is 0. The first kappa shape index (κ1) is 40.0. The second kappa shape index (κ2) is 17.5. The van der Waals surface area contributed by atoms with Crippen molar-refractivity contribution in [3.8, 4) is 0 Å². The van der Waals surface area contributed by atoms with Gasteiger partial charge in [-0.25, -0.2) is 13.2 Å². The highest BCUT2D eigenvalue weighted by Gasteiger charge is 2.61. The summed E-state index contributed by atoms with van der Waals surface area (Å²) >= 11 is 0. The van der Waals surface area contributed by atoms with Crippen molar-refractivity contribution in [3.63, 3.8) is 0 Å². The SMILES string of the molecule is CC(C)(C)OC(=O)COC1CCC(C(=O)OCCC(F)(F)C(F)(F)S(=O)(=O)[O-])CC1.c1ccc([S+](c2ccccc2)c2ccccc2)cc1. The molecule has 1 aliphatic carbocycles. The molecule has 0 aromatic heterocycles. The predicted molar refractivity (Wildman–Crippen MR) is 174 cm³/mol.